The Morgan fingerprint density at radius 2 is 1.73 bits per heavy atom. The second kappa shape index (κ2) is 10.2. The van der Waals surface area contributed by atoms with E-state index in [1.807, 2.05) is 0 Å². The molecule has 1 nitrogen and oxygen atoms in total. The zero-order valence-corrected chi connectivity index (χ0v) is 10.6. The number of hydrogen-bond donors (Lipinski definition) is 1. The summed E-state index contributed by atoms with van der Waals surface area (Å²) in [5.74, 6) is 0. The van der Waals surface area contributed by atoms with Crippen LogP contribution in [0.5, 0.6) is 0 Å². The summed E-state index contributed by atoms with van der Waals surface area (Å²) in [7, 11) is 0. The first-order chi connectivity index (χ1) is 7.20. The van der Waals surface area contributed by atoms with Gasteiger partial charge in [0.2, 0.25) is 0 Å². The Balaban J connectivity index is 3.38. The van der Waals surface area contributed by atoms with Gasteiger partial charge in [0.25, 0.3) is 0 Å². The largest absolute Gasteiger partial charge is 0.393 e. The van der Waals surface area contributed by atoms with Gasteiger partial charge in [0.05, 0.1) is 6.10 Å². The van der Waals surface area contributed by atoms with Crippen molar-refractivity contribution in [2.24, 2.45) is 0 Å². The molecule has 0 aliphatic carbocycles. The highest BCUT2D eigenvalue weighted by Gasteiger charge is 2.05. The summed E-state index contributed by atoms with van der Waals surface area (Å²) < 4.78 is 0. The lowest BCUT2D eigenvalue weighted by atomic mass is 10.00. The molecule has 0 aliphatic heterocycles. The normalized spacial score (nSPS) is 12.7. The number of unbranched alkanes of at least 4 members (excludes halogenated alkanes) is 4. The zero-order chi connectivity index (χ0) is 11.5. The molecule has 0 amide bonds. The third kappa shape index (κ3) is 9.99. The van der Waals surface area contributed by atoms with Crippen LogP contribution in [0.25, 0.3) is 0 Å². The summed E-state index contributed by atoms with van der Waals surface area (Å²) in [5.41, 5.74) is 1.22. The van der Waals surface area contributed by atoms with Gasteiger partial charge in [-0.15, -0.1) is 0 Å². The van der Waals surface area contributed by atoms with Crippen molar-refractivity contribution in [1.82, 2.24) is 0 Å². The van der Waals surface area contributed by atoms with Crippen LogP contribution in [-0.4, -0.2) is 11.2 Å². The first-order valence-electron chi connectivity index (χ1n) is 6.55. The SMILES string of the molecule is C=C(CCCC)CC(O)CCCCCC. The second-order valence-electron chi connectivity index (χ2n) is 4.56. The quantitative estimate of drug-likeness (QED) is 0.419. The first kappa shape index (κ1) is 14.7. The molecule has 0 aromatic carbocycles. The van der Waals surface area contributed by atoms with Gasteiger partial charge in [0, 0.05) is 0 Å². The van der Waals surface area contributed by atoms with Crippen LogP contribution >= 0.6 is 0 Å². The number of aliphatic hydroxyl groups is 1. The Kier molecular flexibility index (Phi) is 10.0. The number of aliphatic hydroxyl groups excluding tert-OH is 1. The van der Waals surface area contributed by atoms with Gasteiger partial charge in [-0.25, -0.2) is 0 Å². The van der Waals surface area contributed by atoms with Crippen molar-refractivity contribution in [2.45, 2.75) is 77.7 Å². The molecule has 0 saturated heterocycles. The highest BCUT2D eigenvalue weighted by Crippen LogP contribution is 2.15. The molecule has 0 fully saturated rings. The molecule has 0 rings (SSSR count). The number of rotatable bonds is 10. The average Bonchev–Trinajstić information content (AvgIpc) is 2.21. The van der Waals surface area contributed by atoms with Crippen molar-refractivity contribution in [3.8, 4) is 0 Å². The van der Waals surface area contributed by atoms with Crippen LogP contribution in [-0.2, 0) is 0 Å². The van der Waals surface area contributed by atoms with E-state index >= 15 is 0 Å². The minimum absolute atomic E-state index is 0.147. The topological polar surface area (TPSA) is 20.2 Å². The smallest absolute Gasteiger partial charge is 0.0577 e. The predicted molar refractivity (Wildman–Crippen MR) is 68.0 cm³/mol. The molecule has 1 unspecified atom stereocenters. The lowest BCUT2D eigenvalue weighted by Gasteiger charge is -2.12. The molecule has 15 heavy (non-hydrogen) atoms. The summed E-state index contributed by atoms with van der Waals surface area (Å²) in [6.45, 7) is 8.42. The fourth-order valence-corrected chi connectivity index (χ4v) is 1.77. The van der Waals surface area contributed by atoms with Gasteiger partial charge in [0.1, 0.15) is 0 Å². The van der Waals surface area contributed by atoms with E-state index in [-0.39, 0.29) is 6.10 Å². The number of hydrogen-bond acceptors (Lipinski definition) is 1. The van der Waals surface area contributed by atoms with Gasteiger partial charge in [-0.2, -0.15) is 0 Å². The van der Waals surface area contributed by atoms with E-state index in [2.05, 4.69) is 20.4 Å². The lowest BCUT2D eigenvalue weighted by Crippen LogP contribution is -2.07. The molecule has 0 aliphatic rings. The molecule has 90 valence electrons. The van der Waals surface area contributed by atoms with Crippen LogP contribution < -0.4 is 0 Å². The van der Waals surface area contributed by atoms with Crippen molar-refractivity contribution in [3.63, 3.8) is 0 Å². The maximum atomic E-state index is 9.76. The second-order valence-corrected chi connectivity index (χ2v) is 4.56. The maximum Gasteiger partial charge on any atom is 0.0577 e. The van der Waals surface area contributed by atoms with E-state index in [1.54, 1.807) is 0 Å². The van der Waals surface area contributed by atoms with Crippen LogP contribution in [0, 0.1) is 0 Å². The molecule has 0 saturated carbocycles. The van der Waals surface area contributed by atoms with Crippen molar-refractivity contribution in [3.05, 3.63) is 12.2 Å². The fraction of sp³-hybridized carbons (Fsp3) is 0.857. The van der Waals surface area contributed by atoms with E-state index < -0.39 is 0 Å². The van der Waals surface area contributed by atoms with Gasteiger partial charge < -0.3 is 5.11 Å². The molecule has 0 spiro atoms. The van der Waals surface area contributed by atoms with Crippen molar-refractivity contribution in [1.29, 1.82) is 0 Å². The van der Waals surface area contributed by atoms with Crippen molar-refractivity contribution < 1.29 is 5.11 Å². The van der Waals surface area contributed by atoms with Gasteiger partial charge in [0.15, 0.2) is 0 Å². The van der Waals surface area contributed by atoms with Crippen LogP contribution in [0.3, 0.4) is 0 Å². The van der Waals surface area contributed by atoms with E-state index in [4.69, 9.17) is 0 Å². The molecule has 1 atom stereocenters. The molecular weight excluding hydrogens is 184 g/mol. The Labute approximate surface area is 95.6 Å². The Bertz CT molecular complexity index is 151. The summed E-state index contributed by atoms with van der Waals surface area (Å²) in [5, 5.41) is 9.76. The zero-order valence-electron chi connectivity index (χ0n) is 10.6. The molecule has 0 radical (unpaired) electrons. The summed E-state index contributed by atoms with van der Waals surface area (Å²) in [6, 6.07) is 0. The van der Waals surface area contributed by atoms with Gasteiger partial charge >= 0.3 is 0 Å². The van der Waals surface area contributed by atoms with Crippen molar-refractivity contribution >= 4 is 0 Å². The average molecular weight is 212 g/mol. The third-order valence-electron chi connectivity index (χ3n) is 2.80. The standard InChI is InChI=1S/C14H28O/c1-4-6-8-9-11-14(15)12-13(3)10-7-5-2/h14-15H,3-12H2,1-2H3. The minimum atomic E-state index is -0.147. The Morgan fingerprint density at radius 1 is 1.07 bits per heavy atom. The van der Waals surface area contributed by atoms with Crippen molar-refractivity contribution in [2.75, 3.05) is 0 Å². The van der Waals surface area contributed by atoms with E-state index in [0.717, 1.165) is 25.7 Å². The molecule has 1 N–H and O–H groups in total. The predicted octanol–water partition coefficient (Wildman–Crippen LogP) is 4.45. The fourth-order valence-electron chi connectivity index (χ4n) is 1.77. The van der Waals surface area contributed by atoms with Gasteiger partial charge in [-0.05, 0) is 25.7 Å². The first-order valence-corrected chi connectivity index (χ1v) is 6.55. The van der Waals surface area contributed by atoms with Gasteiger partial charge in [-0.3, -0.25) is 0 Å². The van der Waals surface area contributed by atoms with Gasteiger partial charge in [-0.1, -0.05) is 58.1 Å². The Hall–Kier alpha value is -0.300. The molecular formula is C14H28O. The van der Waals surface area contributed by atoms with Crippen LogP contribution in [0.15, 0.2) is 12.2 Å². The molecule has 0 bridgehead atoms. The molecule has 0 heterocycles. The third-order valence-corrected chi connectivity index (χ3v) is 2.80. The summed E-state index contributed by atoms with van der Waals surface area (Å²) in [4.78, 5) is 0. The van der Waals surface area contributed by atoms with E-state index in [1.165, 1.54) is 37.7 Å². The minimum Gasteiger partial charge on any atom is -0.393 e. The Morgan fingerprint density at radius 3 is 2.33 bits per heavy atom. The lowest BCUT2D eigenvalue weighted by molar-refractivity contribution is 0.160. The molecule has 1 heteroatoms. The molecule has 0 aromatic heterocycles. The van der Waals surface area contributed by atoms with E-state index in [9.17, 15) is 5.11 Å². The summed E-state index contributed by atoms with van der Waals surface area (Å²) in [6.07, 6.45) is 10.1. The van der Waals surface area contributed by atoms with E-state index in [0.29, 0.717) is 0 Å². The van der Waals surface area contributed by atoms with Crippen LogP contribution in [0.2, 0.25) is 0 Å². The highest BCUT2D eigenvalue weighted by atomic mass is 16.3. The molecule has 0 aromatic rings. The maximum absolute atomic E-state index is 9.76. The van der Waals surface area contributed by atoms with Crippen LogP contribution in [0.4, 0.5) is 0 Å². The van der Waals surface area contributed by atoms with Crippen LogP contribution in [0.1, 0.15) is 71.6 Å². The summed E-state index contributed by atoms with van der Waals surface area (Å²) >= 11 is 0. The highest BCUT2D eigenvalue weighted by molar-refractivity contribution is 4.95. The monoisotopic (exact) mass is 212 g/mol.